The highest BCUT2D eigenvalue weighted by atomic mass is 32.2. The molecule has 2 heterocycles. The van der Waals surface area contributed by atoms with E-state index in [-0.39, 0.29) is 5.91 Å². The van der Waals surface area contributed by atoms with Crippen LogP contribution in [0, 0.1) is 20.8 Å². The molecule has 0 spiro atoms. The zero-order chi connectivity index (χ0) is 21.3. The average molecular weight is 418 g/mol. The Hall–Kier alpha value is -3.25. The molecule has 0 aliphatic carbocycles. The summed E-state index contributed by atoms with van der Waals surface area (Å²) in [7, 11) is 1.65. The molecule has 6 heteroatoms. The first-order valence-electron chi connectivity index (χ1n) is 9.64. The normalized spacial score (nSPS) is 16.3. The van der Waals surface area contributed by atoms with E-state index < -0.39 is 0 Å². The van der Waals surface area contributed by atoms with Gasteiger partial charge in [0.25, 0.3) is 5.91 Å². The van der Waals surface area contributed by atoms with Gasteiger partial charge in [0.15, 0.2) is 5.17 Å². The second-order valence-corrected chi connectivity index (χ2v) is 8.24. The molecule has 1 aromatic heterocycles. The fraction of sp³-hybridized carbons (Fsp3) is 0.167. The van der Waals surface area contributed by atoms with Crippen LogP contribution in [-0.2, 0) is 4.79 Å². The standard InChI is InChI=1S/C24H23N3O2S/c1-15-5-12-21(16(2)13-15)25-24-26-23(28)22(30-24)14-19-7-6-17(3)27(19)18-8-10-20(29-4)11-9-18/h5-14H,1-4H3,(H,25,26,28)/b22-14-. The maximum atomic E-state index is 12.5. The number of aryl methyl sites for hydroxylation is 3. The maximum Gasteiger partial charge on any atom is 0.264 e. The van der Waals surface area contributed by atoms with Crippen molar-refractivity contribution in [2.45, 2.75) is 20.8 Å². The molecule has 0 bridgehead atoms. The minimum atomic E-state index is -0.136. The lowest BCUT2D eigenvalue weighted by molar-refractivity contribution is -0.115. The van der Waals surface area contributed by atoms with Crippen molar-refractivity contribution in [3.05, 3.63) is 82.0 Å². The molecule has 4 rings (SSSR count). The molecule has 0 saturated carbocycles. The number of carbonyl (C=O) groups excluding carboxylic acids is 1. The predicted molar refractivity (Wildman–Crippen MR) is 124 cm³/mol. The SMILES string of the molecule is COc1ccc(-n2c(C)ccc2/C=C2\SC(=Nc3ccc(C)cc3C)NC2=O)cc1. The number of nitrogens with one attached hydrogen (secondary N) is 1. The molecule has 1 fully saturated rings. The van der Waals surface area contributed by atoms with Gasteiger partial charge in [0.05, 0.1) is 17.7 Å². The van der Waals surface area contributed by atoms with Crippen LogP contribution in [-0.4, -0.2) is 22.8 Å². The van der Waals surface area contributed by atoms with Crippen molar-refractivity contribution in [2.75, 3.05) is 7.11 Å². The van der Waals surface area contributed by atoms with E-state index in [1.165, 1.54) is 17.3 Å². The van der Waals surface area contributed by atoms with Crippen molar-refractivity contribution in [1.29, 1.82) is 0 Å². The number of ether oxygens (including phenoxy) is 1. The Balaban J connectivity index is 1.64. The Morgan fingerprint density at radius 3 is 2.50 bits per heavy atom. The van der Waals surface area contributed by atoms with Crippen molar-refractivity contribution in [1.82, 2.24) is 9.88 Å². The number of nitrogens with zero attached hydrogens (tertiary/aromatic N) is 2. The topological polar surface area (TPSA) is 55.6 Å². The van der Waals surface area contributed by atoms with Crippen molar-refractivity contribution in [3.8, 4) is 11.4 Å². The monoisotopic (exact) mass is 417 g/mol. The molecule has 1 amide bonds. The number of aromatic nitrogens is 1. The molecule has 1 N–H and O–H groups in total. The summed E-state index contributed by atoms with van der Waals surface area (Å²) >= 11 is 1.36. The van der Waals surface area contributed by atoms with E-state index in [0.717, 1.165) is 34.1 Å². The highest BCUT2D eigenvalue weighted by Gasteiger charge is 2.24. The van der Waals surface area contributed by atoms with Gasteiger partial charge in [-0.1, -0.05) is 17.7 Å². The number of amides is 1. The Kier molecular flexibility index (Phi) is 5.50. The lowest BCUT2D eigenvalue weighted by atomic mass is 10.1. The minimum absolute atomic E-state index is 0.136. The largest absolute Gasteiger partial charge is 0.497 e. The summed E-state index contributed by atoms with van der Waals surface area (Å²) in [5.41, 5.74) is 6.16. The van der Waals surface area contributed by atoms with Crippen LogP contribution in [0.2, 0.25) is 0 Å². The van der Waals surface area contributed by atoms with Gasteiger partial charge >= 0.3 is 0 Å². The summed E-state index contributed by atoms with van der Waals surface area (Å²) in [6.45, 7) is 6.12. The van der Waals surface area contributed by atoms with E-state index in [4.69, 9.17) is 4.74 Å². The number of hydrogen-bond donors (Lipinski definition) is 1. The van der Waals surface area contributed by atoms with Gasteiger partial charge in [-0.15, -0.1) is 0 Å². The molecule has 5 nitrogen and oxygen atoms in total. The number of rotatable bonds is 4. The Morgan fingerprint density at radius 2 is 1.80 bits per heavy atom. The van der Waals surface area contributed by atoms with E-state index in [2.05, 4.69) is 27.9 Å². The third kappa shape index (κ3) is 4.04. The van der Waals surface area contributed by atoms with Gasteiger partial charge in [-0.3, -0.25) is 4.79 Å². The van der Waals surface area contributed by atoms with E-state index >= 15 is 0 Å². The molecule has 1 aliphatic rings. The van der Waals surface area contributed by atoms with Gasteiger partial charge in [0, 0.05) is 17.1 Å². The molecular formula is C24H23N3O2S. The highest BCUT2D eigenvalue weighted by molar-refractivity contribution is 8.18. The van der Waals surface area contributed by atoms with Gasteiger partial charge in [0.2, 0.25) is 0 Å². The van der Waals surface area contributed by atoms with Gasteiger partial charge in [-0.05, 0) is 86.6 Å². The molecule has 2 aromatic carbocycles. The van der Waals surface area contributed by atoms with Crippen LogP contribution in [0.3, 0.4) is 0 Å². The van der Waals surface area contributed by atoms with Crippen molar-refractivity contribution in [2.24, 2.45) is 4.99 Å². The number of benzene rings is 2. The molecule has 30 heavy (non-hydrogen) atoms. The second-order valence-electron chi connectivity index (χ2n) is 7.20. The van der Waals surface area contributed by atoms with E-state index in [0.29, 0.717) is 10.1 Å². The van der Waals surface area contributed by atoms with Gasteiger partial charge < -0.3 is 14.6 Å². The Morgan fingerprint density at radius 1 is 1.03 bits per heavy atom. The van der Waals surface area contributed by atoms with E-state index in [9.17, 15) is 4.79 Å². The molecule has 0 unspecified atom stereocenters. The van der Waals surface area contributed by atoms with Crippen LogP contribution in [0.4, 0.5) is 5.69 Å². The molecule has 152 valence electrons. The third-order valence-corrected chi connectivity index (χ3v) is 5.85. The quantitative estimate of drug-likeness (QED) is 0.586. The van der Waals surface area contributed by atoms with Gasteiger partial charge in [0.1, 0.15) is 5.75 Å². The van der Waals surface area contributed by atoms with Crippen LogP contribution in [0.1, 0.15) is 22.5 Å². The summed E-state index contributed by atoms with van der Waals surface area (Å²) in [6, 6.07) is 18.0. The lowest BCUT2D eigenvalue weighted by Gasteiger charge is -2.10. The van der Waals surface area contributed by atoms with Crippen molar-refractivity contribution in [3.63, 3.8) is 0 Å². The summed E-state index contributed by atoms with van der Waals surface area (Å²) < 4.78 is 7.36. The zero-order valence-corrected chi connectivity index (χ0v) is 18.2. The molecule has 0 atom stereocenters. The van der Waals surface area contributed by atoms with Gasteiger partial charge in [-0.25, -0.2) is 4.99 Å². The number of carbonyl (C=O) groups is 1. The highest BCUT2D eigenvalue weighted by Crippen LogP contribution is 2.30. The predicted octanol–water partition coefficient (Wildman–Crippen LogP) is 5.30. The summed E-state index contributed by atoms with van der Waals surface area (Å²) in [4.78, 5) is 17.8. The van der Waals surface area contributed by atoms with Crippen LogP contribution < -0.4 is 10.1 Å². The van der Waals surface area contributed by atoms with Crippen LogP contribution in [0.25, 0.3) is 11.8 Å². The zero-order valence-electron chi connectivity index (χ0n) is 17.4. The average Bonchev–Trinajstić information content (AvgIpc) is 3.26. The molecule has 0 radical (unpaired) electrons. The van der Waals surface area contributed by atoms with Crippen molar-refractivity contribution >= 4 is 34.6 Å². The molecule has 1 aliphatic heterocycles. The minimum Gasteiger partial charge on any atom is -0.497 e. The first-order chi connectivity index (χ1) is 14.4. The molecular weight excluding hydrogens is 394 g/mol. The van der Waals surface area contributed by atoms with Crippen molar-refractivity contribution < 1.29 is 9.53 Å². The second kappa shape index (κ2) is 8.24. The lowest BCUT2D eigenvalue weighted by Crippen LogP contribution is -2.19. The third-order valence-electron chi connectivity index (χ3n) is 4.94. The first kappa shape index (κ1) is 20.0. The molecule has 3 aromatic rings. The van der Waals surface area contributed by atoms with Crippen LogP contribution in [0.5, 0.6) is 5.75 Å². The number of amidine groups is 1. The van der Waals surface area contributed by atoms with Crippen LogP contribution >= 0.6 is 11.8 Å². The fourth-order valence-electron chi connectivity index (χ4n) is 3.41. The molecule has 1 saturated heterocycles. The number of thioether (sulfide) groups is 1. The Labute approximate surface area is 180 Å². The van der Waals surface area contributed by atoms with E-state index in [1.807, 2.05) is 68.5 Å². The first-order valence-corrected chi connectivity index (χ1v) is 10.5. The summed E-state index contributed by atoms with van der Waals surface area (Å²) in [5, 5.41) is 3.47. The smallest absolute Gasteiger partial charge is 0.264 e. The van der Waals surface area contributed by atoms with Crippen LogP contribution in [0.15, 0.2) is 64.5 Å². The number of aliphatic imine (C=N–C) groups is 1. The summed E-state index contributed by atoms with van der Waals surface area (Å²) in [6.07, 6.45) is 1.90. The Bertz CT molecular complexity index is 1170. The number of methoxy groups -OCH3 is 1. The maximum absolute atomic E-state index is 12.5. The number of hydrogen-bond acceptors (Lipinski definition) is 4. The van der Waals surface area contributed by atoms with Gasteiger partial charge in [-0.2, -0.15) is 0 Å². The summed E-state index contributed by atoms with van der Waals surface area (Å²) in [5.74, 6) is 0.671. The van der Waals surface area contributed by atoms with E-state index in [1.54, 1.807) is 7.11 Å². The fourth-order valence-corrected chi connectivity index (χ4v) is 4.23.